The van der Waals surface area contributed by atoms with Gasteiger partial charge < -0.3 is 5.32 Å². The van der Waals surface area contributed by atoms with Gasteiger partial charge >= 0.3 is 0 Å². The summed E-state index contributed by atoms with van der Waals surface area (Å²) in [5.74, 6) is 1.36. The Hall–Kier alpha value is -1.97. The third-order valence-electron chi connectivity index (χ3n) is 4.40. The van der Waals surface area contributed by atoms with Crippen LogP contribution in [-0.2, 0) is 0 Å². The minimum absolute atomic E-state index is 0.149. The highest BCUT2D eigenvalue weighted by Gasteiger charge is 2.22. The van der Waals surface area contributed by atoms with E-state index in [0.717, 1.165) is 23.8 Å². The minimum Gasteiger partial charge on any atom is -0.346 e. The second-order valence-electron chi connectivity index (χ2n) is 6.25. The van der Waals surface area contributed by atoms with Crippen LogP contribution in [0.5, 0.6) is 0 Å². The molecule has 1 aliphatic carbocycles. The number of hydrogen-bond donors (Lipinski definition) is 1. The Balaban J connectivity index is 1.82. The first-order chi connectivity index (χ1) is 10.7. The van der Waals surface area contributed by atoms with E-state index < -0.39 is 0 Å². The van der Waals surface area contributed by atoms with Gasteiger partial charge in [-0.2, -0.15) is 0 Å². The zero-order valence-electron chi connectivity index (χ0n) is 13.6. The van der Waals surface area contributed by atoms with Gasteiger partial charge in [-0.3, -0.25) is 4.98 Å². The number of aryl methyl sites for hydroxylation is 2. The number of hydrogen-bond acceptors (Lipinski definition) is 4. The number of anilines is 1. The number of rotatable bonds is 5. The first kappa shape index (κ1) is 14.9. The molecule has 0 amide bonds. The molecule has 4 heteroatoms. The molecular weight excluding hydrogens is 272 g/mol. The van der Waals surface area contributed by atoms with Crippen molar-refractivity contribution in [2.75, 3.05) is 5.32 Å². The summed E-state index contributed by atoms with van der Waals surface area (Å²) in [5.41, 5.74) is 4.50. The molecule has 0 radical (unpaired) electrons. The smallest absolute Gasteiger partial charge is 0.223 e. The second-order valence-corrected chi connectivity index (χ2v) is 6.25. The van der Waals surface area contributed by atoms with Crippen molar-refractivity contribution >= 4 is 5.95 Å². The van der Waals surface area contributed by atoms with Crippen LogP contribution in [0.15, 0.2) is 24.4 Å². The van der Waals surface area contributed by atoms with Crippen LogP contribution >= 0.6 is 0 Å². The Morgan fingerprint density at radius 2 is 2.05 bits per heavy atom. The maximum Gasteiger partial charge on any atom is 0.223 e. The number of nitrogens with zero attached hydrogens (tertiary/aromatic N) is 3. The van der Waals surface area contributed by atoms with Gasteiger partial charge in [0.05, 0.1) is 11.7 Å². The van der Waals surface area contributed by atoms with Crippen molar-refractivity contribution in [1.29, 1.82) is 0 Å². The standard InChI is InChI=1S/C18H24N4/c1-4-15(17-10-12(2)8-9-19-17)21-18-20-13(3)11-16(22-18)14-6-5-7-14/h8-11,14-15H,4-7H2,1-3H3,(H,20,21,22)/t15-/m0/s1. The summed E-state index contributed by atoms with van der Waals surface area (Å²) in [6, 6.07) is 6.43. The Morgan fingerprint density at radius 1 is 1.23 bits per heavy atom. The summed E-state index contributed by atoms with van der Waals surface area (Å²) >= 11 is 0. The highest BCUT2D eigenvalue weighted by Crippen LogP contribution is 2.35. The molecule has 2 aromatic rings. The Kier molecular flexibility index (Phi) is 4.36. The zero-order chi connectivity index (χ0) is 15.5. The van der Waals surface area contributed by atoms with E-state index >= 15 is 0 Å². The Morgan fingerprint density at radius 3 is 2.68 bits per heavy atom. The number of pyridine rings is 1. The fraction of sp³-hybridized carbons (Fsp3) is 0.500. The monoisotopic (exact) mass is 296 g/mol. The van der Waals surface area contributed by atoms with Crippen molar-refractivity contribution in [1.82, 2.24) is 15.0 Å². The van der Waals surface area contributed by atoms with E-state index in [1.807, 2.05) is 19.2 Å². The maximum absolute atomic E-state index is 4.74. The SMILES string of the molecule is CC[C@H](Nc1nc(C)cc(C2CCC2)n1)c1cc(C)ccn1. The van der Waals surface area contributed by atoms with Crippen LogP contribution in [0.2, 0.25) is 0 Å². The van der Waals surface area contributed by atoms with E-state index in [4.69, 9.17) is 4.98 Å². The van der Waals surface area contributed by atoms with Crippen LogP contribution in [0.1, 0.15) is 67.2 Å². The molecule has 2 aromatic heterocycles. The minimum atomic E-state index is 0.149. The lowest BCUT2D eigenvalue weighted by Crippen LogP contribution is -2.17. The predicted molar refractivity (Wildman–Crippen MR) is 89.0 cm³/mol. The fourth-order valence-electron chi connectivity index (χ4n) is 2.86. The molecule has 1 atom stereocenters. The molecule has 0 saturated heterocycles. The molecule has 1 saturated carbocycles. The zero-order valence-corrected chi connectivity index (χ0v) is 13.6. The van der Waals surface area contributed by atoms with Crippen LogP contribution in [-0.4, -0.2) is 15.0 Å². The van der Waals surface area contributed by atoms with Gasteiger partial charge in [0.2, 0.25) is 5.95 Å². The highest BCUT2D eigenvalue weighted by molar-refractivity contribution is 5.33. The van der Waals surface area contributed by atoms with Crippen molar-refractivity contribution in [3.05, 3.63) is 47.0 Å². The highest BCUT2D eigenvalue weighted by atomic mass is 15.1. The van der Waals surface area contributed by atoms with E-state index in [1.165, 1.54) is 30.5 Å². The molecule has 2 heterocycles. The summed E-state index contributed by atoms with van der Waals surface area (Å²) in [4.78, 5) is 13.8. The van der Waals surface area contributed by atoms with Gasteiger partial charge in [-0.25, -0.2) is 9.97 Å². The molecule has 3 rings (SSSR count). The first-order valence-electron chi connectivity index (χ1n) is 8.20. The maximum atomic E-state index is 4.74. The Labute approximate surface area is 132 Å². The average molecular weight is 296 g/mol. The molecule has 1 N–H and O–H groups in total. The van der Waals surface area contributed by atoms with E-state index in [-0.39, 0.29) is 6.04 Å². The van der Waals surface area contributed by atoms with Gasteiger partial charge in [0, 0.05) is 23.5 Å². The predicted octanol–water partition coefficient (Wildman–Crippen LogP) is 4.32. The van der Waals surface area contributed by atoms with Crippen LogP contribution in [0, 0.1) is 13.8 Å². The third kappa shape index (κ3) is 3.26. The van der Waals surface area contributed by atoms with Crippen LogP contribution < -0.4 is 5.32 Å². The molecule has 0 bridgehead atoms. The summed E-state index contributed by atoms with van der Waals surface area (Å²) in [5, 5.41) is 3.47. The van der Waals surface area contributed by atoms with Gasteiger partial charge in [0.1, 0.15) is 0 Å². The molecule has 0 aliphatic heterocycles. The third-order valence-corrected chi connectivity index (χ3v) is 4.40. The van der Waals surface area contributed by atoms with Gasteiger partial charge in [-0.05, 0) is 56.9 Å². The molecule has 1 aliphatic rings. The van der Waals surface area contributed by atoms with E-state index in [0.29, 0.717) is 5.92 Å². The van der Waals surface area contributed by atoms with Gasteiger partial charge in [0.15, 0.2) is 0 Å². The number of nitrogens with one attached hydrogen (secondary N) is 1. The summed E-state index contributed by atoms with van der Waals surface area (Å²) in [6.07, 6.45) is 6.65. The van der Waals surface area contributed by atoms with E-state index in [9.17, 15) is 0 Å². The summed E-state index contributed by atoms with van der Waals surface area (Å²) in [7, 11) is 0. The Bertz CT molecular complexity index is 649. The lowest BCUT2D eigenvalue weighted by Gasteiger charge is -2.25. The molecule has 0 aromatic carbocycles. The molecule has 0 spiro atoms. The van der Waals surface area contributed by atoms with Crippen molar-refractivity contribution in [2.24, 2.45) is 0 Å². The topological polar surface area (TPSA) is 50.7 Å². The van der Waals surface area contributed by atoms with E-state index in [1.54, 1.807) is 0 Å². The molecule has 22 heavy (non-hydrogen) atoms. The molecule has 0 unspecified atom stereocenters. The molecule has 1 fully saturated rings. The number of aromatic nitrogens is 3. The lowest BCUT2D eigenvalue weighted by molar-refractivity contribution is 0.410. The largest absolute Gasteiger partial charge is 0.346 e. The fourth-order valence-corrected chi connectivity index (χ4v) is 2.86. The average Bonchev–Trinajstić information content (AvgIpc) is 2.42. The molecule has 116 valence electrons. The molecular formula is C18H24N4. The second kappa shape index (κ2) is 6.42. The normalized spacial score (nSPS) is 16.1. The van der Waals surface area contributed by atoms with Gasteiger partial charge in [-0.15, -0.1) is 0 Å². The van der Waals surface area contributed by atoms with Crippen molar-refractivity contribution in [2.45, 2.75) is 58.4 Å². The first-order valence-corrected chi connectivity index (χ1v) is 8.20. The van der Waals surface area contributed by atoms with Crippen molar-refractivity contribution in [3.8, 4) is 0 Å². The van der Waals surface area contributed by atoms with Gasteiger partial charge in [-0.1, -0.05) is 13.3 Å². The quantitative estimate of drug-likeness (QED) is 0.892. The van der Waals surface area contributed by atoms with Crippen LogP contribution in [0.4, 0.5) is 5.95 Å². The summed E-state index contributed by atoms with van der Waals surface area (Å²) < 4.78 is 0. The lowest BCUT2D eigenvalue weighted by atomic mass is 9.83. The van der Waals surface area contributed by atoms with Crippen molar-refractivity contribution in [3.63, 3.8) is 0 Å². The van der Waals surface area contributed by atoms with Crippen LogP contribution in [0.3, 0.4) is 0 Å². The summed E-state index contributed by atoms with van der Waals surface area (Å²) in [6.45, 7) is 6.29. The molecule has 4 nitrogen and oxygen atoms in total. The van der Waals surface area contributed by atoms with E-state index in [2.05, 4.69) is 41.3 Å². The van der Waals surface area contributed by atoms with Crippen LogP contribution in [0.25, 0.3) is 0 Å². The van der Waals surface area contributed by atoms with Crippen molar-refractivity contribution < 1.29 is 0 Å². The van der Waals surface area contributed by atoms with Gasteiger partial charge in [0.25, 0.3) is 0 Å².